The highest BCUT2D eigenvalue weighted by molar-refractivity contribution is 7.98. The Hall–Kier alpha value is -0.900. The van der Waals surface area contributed by atoms with Crippen molar-refractivity contribution in [3.63, 3.8) is 0 Å². The van der Waals surface area contributed by atoms with Gasteiger partial charge in [0.1, 0.15) is 5.82 Å². The Balaban J connectivity index is 2.12. The quantitative estimate of drug-likeness (QED) is 0.608. The van der Waals surface area contributed by atoms with E-state index in [1.807, 2.05) is 11.8 Å². The molecule has 0 aromatic carbocycles. The number of rotatable bonds is 4. The molecule has 3 nitrogen and oxygen atoms in total. The number of aryl methyl sites for hydroxylation is 1. The van der Waals surface area contributed by atoms with Crippen LogP contribution in [0.4, 0.5) is 0 Å². The van der Waals surface area contributed by atoms with Crippen LogP contribution in [0.3, 0.4) is 0 Å². The summed E-state index contributed by atoms with van der Waals surface area (Å²) in [5, 5.41) is 0. The van der Waals surface area contributed by atoms with E-state index in [1.54, 1.807) is 6.20 Å². The molecule has 1 aliphatic rings. The molecule has 0 N–H and O–H groups in total. The molecule has 17 heavy (non-hydrogen) atoms. The van der Waals surface area contributed by atoms with Crippen LogP contribution in [0.15, 0.2) is 6.20 Å². The topological polar surface area (TPSA) is 42.9 Å². The van der Waals surface area contributed by atoms with E-state index in [2.05, 4.69) is 16.9 Å². The van der Waals surface area contributed by atoms with E-state index in [9.17, 15) is 4.79 Å². The fourth-order valence-corrected chi connectivity index (χ4v) is 2.73. The maximum absolute atomic E-state index is 11.8. The zero-order chi connectivity index (χ0) is 12.1. The third kappa shape index (κ3) is 3.28. The summed E-state index contributed by atoms with van der Waals surface area (Å²) in [5.41, 5.74) is 1.72. The van der Waals surface area contributed by atoms with Gasteiger partial charge in [-0.2, -0.15) is 11.8 Å². The second-order valence-electron chi connectivity index (χ2n) is 4.33. The molecular weight excluding hydrogens is 232 g/mol. The van der Waals surface area contributed by atoms with Crippen LogP contribution >= 0.6 is 11.8 Å². The van der Waals surface area contributed by atoms with Gasteiger partial charge < -0.3 is 0 Å². The van der Waals surface area contributed by atoms with Gasteiger partial charge in [-0.1, -0.05) is 6.92 Å². The van der Waals surface area contributed by atoms with Crippen LogP contribution < -0.4 is 0 Å². The second-order valence-corrected chi connectivity index (χ2v) is 5.43. The number of nitrogens with zero attached hydrogens (tertiary/aromatic N) is 2. The van der Waals surface area contributed by atoms with Gasteiger partial charge in [0.25, 0.3) is 0 Å². The van der Waals surface area contributed by atoms with Crippen LogP contribution in [-0.2, 0) is 12.2 Å². The molecule has 0 amide bonds. The third-order valence-corrected chi connectivity index (χ3v) is 4.02. The monoisotopic (exact) mass is 250 g/mol. The van der Waals surface area contributed by atoms with E-state index in [0.29, 0.717) is 6.42 Å². The molecule has 2 rings (SSSR count). The van der Waals surface area contributed by atoms with Crippen LogP contribution in [0.5, 0.6) is 0 Å². The lowest BCUT2D eigenvalue weighted by molar-refractivity contribution is 0.0981. The SMILES string of the molecule is CCCSCc1ncc2c(n1)CCCCC2=O. The van der Waals surface area contributed by atoms with Crippen molar-refractivity contribution >= 4 is 17.5 Å². The Labute approximate surface area is 106 Å². The Morgan fingerprint density at radius 2 is 2.18 bits per heavy atom. The van der Waals surface area contributed by atoms with Gasteiger partial charge in [-0.05, 0) is 31.4 Å². The number of carbonyl (C=O) groups excluding carboxylic acids is 1. The molecule has 1 aromatic rings. The predicted molar refractivity (Wildman–Crippen MR) is 70.4 cm³/mol. The number of carbonyl (C=O) groups is 1. The van der Waals surface area contributed by atoms with E-state index < -0.39 is 0 Å². The van der Waals surface area contributed by atoms with Crippen molar-refractivity contribution in [1.82, 2.24) is 9.97 Å². The van der Waals surface area contributed by atoms with E-state index in [-0.39, 0.29) is 5.78 Å². The lowest BCUT2D eigenvalue weighted by Gasteiger charge is -2.05. The van der Waals surface area contributed by atoms with Gasteiger partial charge in [0, 0.05) is 12.6 Å². The summed E-state index contributed by atoms with van der Waals surface area (Å²) in [6.07, 6.45) is 6.54. The normalized spacial score (nSPS) is 15.5. The number of fused-ring (bicyclic) bond motifs is 1. The number of aromatic nitrogens is 2. The Bertz CT molecular complexity index is 406. The highest BCUT2D eigenvalue weighted by Gasteiger charge is 2.17. The van der Waals surface area contributed by atoms with Gasteiger partial charge in [0.15, 0.2) is 5.78 Å². The molecule has 92 valence electrons. The van der Waals surface area contributed by atoms with E-state index >= 15 is 0 Å². The molecule has 0 aliphatic heterocycles. The molecule has 0 atom stereocenters. The first-order chi connectivity index (χ1) is 8.31. The van der Waals surface area contributed by atoms with Crippen molar-refractivity contribution in [2.24, 2.45) is 0 Å². The zero-order valence-electron chi connectivity index (χ0n) is 10.2. The van der Waals surface area contributed by atoms with Gasteiger partial charge in [0.05, 0.1) is 17.0 Å². The fourth-order valence-electron chi connectivity index (χ4n) is 1.97. The largest absolute Gasteiger partial charge is 0.294 e. The maximum Gasteiger partial charge on any atom is 0.166 e. The van der Waals surface area contributed by atoms with Gasteiger partial charge in [0.2, 0.25) is 0 Å². The van der Waals surface area contributed by atoms with E-state index in [1.165, 1.54) is 6.42 Å². The summed E-state index contributed by atoms with van der Waals surface area (Å²) >= 11 is 1.85. The number of ketones is 1. The Morgan fingerprint density at radius 1 is 1.35 bits per heavy atom. The third-order valence-electron chi connectivity index (χ3n) is 2.87. The van der Waals surface area contributed by atoms with Gasteiger partial charge in [-0.15, -0.1) is 0 Å². The van der Waals surface area contributed by atoms with Crippen LogP contribution in [0.25, 0.3) is 0 Å². The minimum Gasteiger partial charge on any atom is -0.294 e. The zero-order valence-corrected chi connectivity index (χ0v) is 11.1. The molecule has 0 saturated carbocycles. The standard InChI is InChI=1S/C13H18N2OS/c1-2-7-17-9-13-14-8-10-11(15-13)5-3-4-6-12(10)16/h8H,2-7,9H2,1H3. The molecule has 0 unspecified atom stereocenters. The summed E-state index contributed by atoms with van der Waals surface area (Å²) in [7, 11) is 0. The minimum absolute atomic E-state index is 0.213. The molecule has 0 bridgehead atoms. The average molecular weight is 250 g/mol. The van der Waals surface area contributed by atoms with Crippen molar-refractivity contribution in [2.75, 3.05) is 5.75 Å². The first-order valence-corrected chi connectivity index (χ1v) is 7.42. The van der Waals surface area contributed by atoms with Crippen LogP contribution in [-0.4, -0.2) is 21.5 Å². The molecular formula is C13H18N2OS. The summed E-state index contributed by atoms with van der Waals surface area (Å²) in [5.74, 6) is 3.08. The van der Waals surface area contributed by atoms with Crippen molar-refractivity contribution in [3.05, 3.63) is 23.3 Å². The predicted octanol–water partition coefficient (Wildman–Crippen LogP) is 3.03. The average Bonchev–Trinajstić information content (AvgIpc) is 2.52. The molecule has 1 aromatic heterocycles. The lowest BCUT2D eigenvalue weighted by atomic mass is 10.1. The number of Topliss-reactive ketones (excluding diaryl/α,β-unsaturated/α-hetero) is 1. The highest BCUT2D eigenvalue weighted by atomic mass is 32.2. The molecule has 0 radical (unpaired) electrons. The van der Waals surface area contributed by atoms with Crippen molar-refractivity contribution < 1.29 is 4.79 Å². The first kappa shape index (κ1) is 12.6. The molecule has 0 saturated heterocycles. The first-order valence-electron chi connectivity index (χ1n) is 6.27. The van der Waals surface area contributed by atoms with Crippen molar-refractivity contribution in [3.8, 4) is 0 Å². The lowest BCUT2D eigenvalue weighted by Crippen LogP contribution is -2.06. The molecule has 1 heterocycles. The molecule has 0 fully saturated rings. The molecule has 1 aliphatic carbocycles. The highest BCUT2D eigenvalue weighted by Crippen LogP contribution is 2.19. The maximum atomic E-state index is 11.8. The smallest absolute Gasteiger partial charge is 0.166 e. The molecule has 4 heteroatoms. The fraction of sp³-hybridized carbons (Fsp3) is 0.615. The van der Waals surface area contributed by atoms with Crippen molar-refractivity contribution in [2.45, 2.75) is 44.8 Å². The Morgan fingerprint density at radius 3 is 3.00 bits per heavy atom. The van der Waals surface area contributed by atoms with E-state index in [4.69, 9.17) is 0 Å². The summed E-state index contributed by atoms with van der Waals surface area (Å²) in [6, 6.07) is 0. The Kier molecular flexibility index (Phi) is 4.54. The summed E-state index contributed by atoms with van der Waals surface area (Å²) in [4.78, 5) is 20.6. The van der Waals surface area contributed by atoms with Crippen LogP contribution in [0, 0.1) is 0 Å². The summed E-state index contributed by atoms with van der Waals surface area (Å²) < 4.78 is 0. The number of hydrogen-bond acceptors (Lipinski definition) is 4. The van der Waals surface area contributed by atoms with Crippen LogP contribution in [0.2, 0.25) is 0 Å². The van der Waals surface area contributed by atoms with Crippen molar-refractivity contribution in [1.29, 1.82) is 0 Å². The minimum atomic E-state index is 0.213. The molecule has 0 spiro atoms. The van der Waals surface area contributed by atoms with Gasteiger partial charge in [-0.25, -0.2) is 9.97 Å². The van der Waals surface area contributed by atoms with E-state index in [0.717, 1.165) is 47.8 Å². The van der Waals surface area contributed by atoms with Crippen LogP contribution in [0.1, 0.15) is 54.5 Å². The number of hydrogen-bond donors (Lipinski definition) is 0. The van der Waals surface area contributed by atoms with Gasteiger partial charge >= 0.3 is 0 Å². The van der Waals surface area contributed by atoms with Gasteiger partial charge in [-0.3, -0.25) is 4.79 Å². The second kappa shape index (κ2) is 6.15. The summed E-state index contributed by atoms with van der Waals surface area (Å²) in [6.45, 7) is 2.17. The number of thioether (sulfide) groups is 1.